The molecule has 8 aromatic rings. The van der Waals surface area contributed by atoms with Crippen LogP contribution in [0, 0.1) is 6.92 Å². The van der Waals surface area contributed by atoms with E-state index in [-0.39, 0.29) is 0 Å². The highest BCUT2D eigenvalue weighted by atomic mass is 15.6. The van der Waals surface area contributed by atoms with E-state index < -0.39 is 5.54 Å². The van der Waals surface area contributed by atoms with Gasteiger partial charge in [-0.2, -0.15) is 0 Å². The number of H-pyrrole nitrogens is 1. The van der Waals surface area contributed by atoms with Gasteiger partial charge >= 0.3 is 0 Å². The number of benzene rings is 5. The number of nitrogens with zero attached hydrogens (tertiary/aromatic N) is 8. The largest absolute Gasteiger partial charge is 0.350 e. The van der Waals surface area contributed by atoms with Crippen LogP contribution in [0.4, 0.5) is 5.82 Å². The van der Waals surface area contributed by atoms with Gasteiger partial charge in [-0.05, 0) is 57.2 Å². The summed E-state index contributed by atoms with van der Waals surface area (Å²) in [6.45, 7) is 5.74. The molecule has 0 radical (unpaired) electrons. The number of hydrogen-bond acceptors (Lipinski definition) is 7. The third kappa shape index (κ3) is 6.00. The lowest BCUT2D eigenvalue weighted by atomic mass is 9.77. The van der Waals surface area contributed by atoms with Gasteiger partial charge in [0.1, 0.15) is 23.2 Å². The van der Waals surface area contributed by atoms with E-state index in [9.17, 15) is 0 Å². The standard InChI is InChI=1S/C43H39N9/c1-3-4-28-51(42-39-40(44-30-45-42)47-31(2)46-39)29-32-24-26-33(27-25-32)37-22-14-15-23-38(37)41-48-49-50-52(41)43(34-16-8-5-9-17-34,35-18-10-6-11-19-35)36-20-12-7-13-21-36/h5-27,30H,3-4,28-29H2,1-2H3,(H,44,45,46,47). The zero-order chi connectivity index (χ0) is 35.3. The Morgan fingerprint density at radius 1 is 0.692 bits per heavy atom. The van der Waals surface area contributed by atoms with Gasteiger partial charge < -0.3 is 9.88 Å². The van der Waals surface area contributed by atoms with Crippen molar-refractivity contribution >= 4 is 17.0 Å². The highest BCUT2D eigenvalue weighted by Gasteiger charge is 2.42. The molecule has 0 aliphatic carbocycles. The molecule has 9 heteroatoms. The summed E-state index contributed by atoms with van der Waals surface area (Å²) in [4.78, 5) is 19.3. The van der Waals surface area contributed by atoms with E-state index in [0.29, 0.717) is 18.0 Å². The number of unbranched alkanes of at least 4 members (excludes halogenated alkanes) is 1. The Bertz CT molecular complexity index is 2290. The van der Waals surface area contributed by atoms with Crippen molar-refractivity contribution in [1.29, 1.82) is 0 Å². The summed E-state index contributed by atoms with van der Waals surface area (Å²) >= 11 is 0. The quantitative estimate of drug-likeness (QED) is 0.129. The zero-order valence-electron chi connectivity index (χ0n) is 29.3. The topological polar surface area (TPSA) is 101 Å². The predicted octanol–water partition coefficient (Wildman–Crippen LogP) is 8.63. The number of tetrazole rings is 1. The second-order valence-electron chi connectivity index (χ2n) is 13.0. The molecular formula is C43H39N9. The summed E-state index contributed by atoms with van der Waals surface area (Å²) in [5, 5.41) is 13.9. The molecule has 0 saturated carbocycles. The van der Waals surface area contributed by atoms with E-state index >= 15 is 0 Å². The van der Waals surface area contributed by atoms with Crippen LogP contribution in [0.3, 0.4) is 0 Å². The molecule has 0 bridgehead atoms. The molecule has 0 saturated heterocycles. The van der Waals surface area contributed by atoms with Crippen molar-refractivity contribution in [2.75, 3.05) is 11.4 Å². The molecule has 0 spiro atoms. The van der Waals surface area contributed by atoms with Crippen LogP contribution in [0.1, 0.15) is 47.8 Å². The van der Waals surface area contributed by atoms with Crippen LogP contribution in [-0.4, -0.2) is 46.7 Å². The van der Waals surface area contributed by atoms with Gasteiger partial charge in [0.2, 0.25) is 0 Å². The third-order valence-electron chi connectivity index (χ3n) is 9.64. The second-order valence-corrected chi connectivity index (χ2v) is 13.0. The number of fused-ring (bicyclic) bond motifs is 1. The van der Waals surface area contributed by atoms with Crippen LogP contribution in [-0.2, 0) is 12.1 Å². The molecule has 9 nitrogen and oxygen atoms in total. The maximum atomic E-state index is 4.78. The van der Waals surface area contributed by atoms with E-state index in [1.54, 1.807) is 6.33 Å². The smallest absolute Gasteiger partial charge is 0.184 e. The SMILES string of the molecule is CCCCN(Cc1ccc(-c2ccccc2-c2nnnn2C(c2ccccc2)(c2ccccc2)c2ccccc2)cc1)c1ncnc2nc(C)[nH]c12. The Morgan fingerprint density at radius 2 is 1.29 bits per heavy atom. The lowest BCUT2D eigenvalue weighted by molar-refractivity contribution is 0.451. The van der Waals surface area contributed by atoms with Gasteiger partial charge in [0.05, 0.1) is 0 Å². The number of nitrogens with one attached hydrogen (secondary N) is 1. The van der Waals surface area contributed by atoms with Crippen LogP contribution >= 0.6 is 0 Å². The fraction of sp³-hybridized carbons (Fsp3) is 0.163. The maximum Gasteiger partial charge on any atom is 0.184 e. The van der Waals surface area contributed by atoms with E-state index in [1.165, 1.54) is 5.56 Å². The monoisotopic (exact) mass is 681 g/mol. The minimum atomic E-state index is -0.846. The summed E-state index contributed by atoms with van der Waals surface area (Å²) in [7, 11) is 0. The number of imidazole rings is 1. The number of hydrogen-bond donors (Lipinski definition) is 1. The molecule has 1 N–H and O–H groups in total. The number of aryl methyl sites for hydroxylation is 1. The normalized spacial score (nSPS) is 11.6. The Kier molecular flexibility index (Phi) is 9.06. The molecule has 52 heavy (non-hydrogen) atoms. The first-order valence-electron chi connectivity index (χ1n) is 17.7. The van der Waals surface area contributed by atoms with Gasteiger partial charge in [0.25, 0.3) is 0 Å². The number of anilines is 1. The molecule has 8 rings (SSSR count). The van der Waals surface area contributed by atoms with Crippen LogP contribution in [0.5, 0.6) is 0 Å². The zero-order valence-corrected chi connectivity index (χ0v) is 29.3. The van der Waals surface area contributed by atoms with Gasteiger partial charge in [0, 0.05) is 18.7 Å². The molecule has 0 aliphatic heterocycles. The van der Waals surface area contributed by atoms with E-state index in [1.807, 2.05) is 35.9 Å². The van der Waals surface area contributed by atoms with Crippen LogP contribution < -0.4 is 4.90 Å². The van der Waals surface area contributed by atoms with Gasteiger partial charge in [0.15, 0.2) is 17.3 Å². The summed E-state index contributed by atoms with van der Waals surface area (Å²) in [6.07, 6.45) is 3.74. The molecule has 3 heterocycles. The van der Waals surface area contributed by atoms with Crippen LogP contribution in [0.15, 0.2) is 146 Å². The molecule has 0 fully saturated rings. The lowest BCUT2D eigenvalue weighted by Gasteiger charge is -2.36. The molecular weight excluding hydrogens is 643 g/mol. The first kappa shape index (κ1) is 32.7. The van der Waals surface area contributed by atoms with Crippen molar-refractivity contribution in [3.8, 4) is 22.5 Å². The molecule has 5 aromatic carbocycles. The lowest BCUT2D eigenvalue weighted by Crippen LogP contribution is -2.39. The van der Waals surface area contributed by atoms with Gasteiger partial charge in [-0.1, -0.05) is 153 Å². The molecule has 0 atom stereocenters. The van der Waals surface area contributed by atoms with Crippen molar-refractivity contribution in [3.63, 3.8) is 0 Å². The van der Waals surface area contributed by atoms with Crippen LogP contribution in [0.2, 0.25) is 0 Å². The number of aromatic nitrogens is 8. The van der Waals surface area contributed by atoms with Crippen molar-refractivity contribution < 1.29 is 0 Å². The minimum Gasteiger partial charge on any atom is -0.350 e. The third-order valence-corrected chi connectivity index (χ3v) is 9.64. The molecule has 0 amide bonds. The highest BCUT2D eigenvalue weighted by Crippen LogP contribution is 2.43. The first-order valence-corrected chi connectivity index (χ1v) is 17.7. The predicted molar refractivity (Wildman–Crippen MR) is 206 cm³/mol. The summed E-state index contributed by atoms with van der Waals surface area (Å²) in [6, 6.07) is 48.6. The number of aromatic amines is 1. The highest BCUT2D eigenvalue weighted by molar-refractivity contribution is 5.83. The Balaban J connectivity index is 1.21. The Labute approximate surface area is 303 Å². The molecule has 0 aliphatic rings. The van der Waals surface area contributed by atoms with Gasteiger partial charge in [-0.15, -0.1) is 5.10 Å². The number of rotatable bonds is 12. The Hall–Kier alpha value is -6.48. The van der Waals surface area contributed by atoms with E-state index in [4.69, 9.17) is 15.3 Å². The van der Waals surface area contributed by atoms with E-state index in [0.717, 1.165) is 69.9 Å². The van der Waals surface area contributed by atoms with Gasteiger partial charge in [-0.25, -0.2) is 19.6 Å². The van der Waals surface area contributed by atoms with Crippen molar-refractivity contribution in [3.05, 3.63) is 174 Å². The van der Waals surface area contributed by atoms with Crippen molar-refractivity contribution in [2.24, 2.45) is 0 Å². The summed E-state index contributed by atoms with van der Waals surface area (Å²) in [5.41, 5.74) is 8.13. The minimum absolute atomic E-state index is 0.671. The first-order chi connectivity index (χ1) is 25.7. The molecule has 3 aromatic heterocycles. The molecule has 0 unspecified atom stereocenters. The van der Waals surface area contributed by atoms with E-state index in [2.05, 4.69) is 147 Å². The average Bonchev–Trinajstić information content (AvgIpc) is 3.85. The summed E-state index contributed by atoms with van der Waals surface area (Å²) in [5.74, 6) is 2.37. The fourth-order valence-electron chi connectivity index (χ4n) is 7.21. The van der Waals surface area contributed by atoms with Gasteiger partial charge in [-0.3, -0.25) is 0 Å². The van der Waals surface area contributed by atoms with Crippen LogP contribution in [0.25, 0.3) is 33.7 Å². The summed E-state index contributed by atoms with van der Waals surface area (Å²) < 4.78 is 1.99. The van der Waals surface area contributed by atoms with Crippen molar-refractivity contribution in [2.45, 2.75) is 38.8 Å². The maximum absolute atomic E-state index is 4.78. The average molecular weight is 682 g/mol. The fourth-order valence-corrected chi connectivity index (χ4v) is 7.21. The van der Waals surface area contributed by atoms with Crippen molar-refractivity contribution in [1.82, 2.24) is 40.1 Å². The Morgan fingerprint density at radius 3 is 1.90 bits per heavy atom. The second kappa shape index (κ2) is 14.4. The molecule has 256 valence electrons.